The van der Waals surface area contributed by atoms with E-state index in [0.29, 0.717) is 12.5 Å². The molecule has 0 bridgehead atoms. The van der Waals surface area contributed by atoms with E-state index in [2.05, 4.69) is 16.9 Å². The number of carbonyl (C=O) groups excluding carboxylic acids is 1. The molecule has 4 nitrogen and oxygen atoms in total. The number of aliphatic imine (C=N–C) groups is 1. The normalized spacial score (nSPS) is 22.2. The maximum Gasteiger partial charge on any atom is 0.230 e. The smallest absolute Gasteiger partial charge is 0.230 e. The van der Waals surface area contributed by atoms with E-state index in [1.54, 1.807) is 0 Å². The fourth-order valence-electron chi connectivity index (χ4n) is 1.88. The summed E-state index contributed by atoms with van der Waals surface area (Å²) in [5.41, 5.74) is 1.41. The minimum atomic E-state index is 0.0565. The van der Waals surface area contributed by atoms with Crippen molar-refractivity contribution in [3.8, 4) is 0 Å². The average Bonchev–Trinajstić information content (AvgIpc) is 2.77. The van der Waals surface area contributed by atoms with E-state index in [4.69, 9.17) is 0 Å². The Morgan fingerprint density at radius 3 is 3.00 bits per heavy atom. The topological polar surface area (TPSA) is 47.2 Å². The molecule has 1 aromatic rings. The van der Waals surface area contributed by atoms with Crippen LogP contribution >= 0.6 is 0 Å². The van der Waals surface area contributed by atoms with Gasteiger partial charge in [0, 0.05) is 11.1 Å². The lowest BCUT2D eigenvalue weighted by Crippen LogP contribution is -2.19. The van der Waals surface area contributed by atoms with E-state index in [0.717, 1.165) is 5.69 Å². The summed E-state index contributed by atoms with van der Waals surface area (Å²) in [4.78, 5) is 19.4. The minimum Gasteiger partial charge on any atom is -0.304 e. The molecule has 3 rings (SSSR count). The van der Waals surface area contributed by atoms with Crippen molar-refractivity contribution in [3.05, 3.63) is 11.9 Å². The van der Waals surface area contributed by atoms with Crippen LogP contribution in [0.15, 0.2) is 11.2 Å². The Labute approximate surface area is 81.7 Å². The molecule has 2 aliphatic rings. The molecule has 2 heterocycles. The van der Waals surface area contributed by atoms with Crippen molar-refractivity contribution in [2.75, 3.05) is 0 Å². The molecule has 0 atom stereocenters. The van der Waals surface area contributed by atoms with Gasteiger partial charge in [-0.05, 0) is 12.8 Å². The minimum absolute atomic E-state index is 0.0565. The van der Waals surface area contributed by atoms with Gasteiger partial charge in [-0.1, -0.05) is 6.92 Å². The van der Waals surface area contributed by atoms with Gasteiger partial charge in [-0.15, -0.1) is 0 Å². The summed E-state index contributed by atoms with van der Waals surface area (Å²) in [5.74, 6) is 0.730. The molecule has 1 aliphatic heterocycles. The van der Waals surface area contributed by atoms with Crippen molar-refractivity contribution in [3.63, 3.8) is 0 Å². The largest absolute Gasteiger partial charge is 0.304 e. The van der Waals surface area contributed by atoms with Gasteiger partial charge in [0.1, 0.15) is 0 Å². The number of hydrogen-bond donors (Lipinski definition) is 0. The zero-order valence-corrected chi connectivity index (χ0v) is 8.03. The van der Waals surface area contributed by atoms with Gasteiger partial charge in [-0.2, -0.15) is 0 Å². The number of hydrogen-bond acceptors (Lipinski definition) is 3. The Morgan fingerprint density at radius 1 is 1.50 bits per heavy atom. The second-order valence-corrected chi connectivity index (χ2v) is 4.31. The molecule has 0 unspecified atom stereocenters. The summed E-state index contributed by atoms with van der Waals surface area (Å²) in [5, 5.41) is 0. The Hall–Kier alpha value is -1.45. The Balaban J connectivity index is 2.12. The number of rotatable bonds is 1. The quantitative estimate of drug-likeness (QED) is 0.666. The second-order valence-electron chi connectivity index (χ2n) is 4.31. The number of fused-ring (bicyclic) bond motifs is 1. The highest BCUT2D eigenvalue weighted by Gasteiger charge is 2.42. The van der Waals surface area contributed by atoms with Crippen LogP contribution in [0.3, 0.4) is 0 Å². The van der Waals surface area contributed by atoms with Crippen molar-refractivity contribution in [2.45, 2.75) is 31.7 Å². The first-order valence-corrected chi connectivity index (χ1v) is 4.82. The monoisotopic (exact) mass is 189 g/mol. The van der Waals surface area contributed by atoms with E-state index in [-0.39, 0.29) is 11.2 Å². The molecular weight excluding hydrogens is 178 g/mol. The molecule has 1 aliphatic carbocycles. The fraction of sp³-hybridized carbons (Fsp3) is 0.500. The molecule has 0 aromatic carbocycles. The summed E-state index contributed by atoms with van der Waals surface area (Å²) >= 11 is 0. The molecule has 0 spiro atoms. The lowest BCUT2D eigenvalue weighted by atomic mass is 10.1. The molecule has 72 valence electrons. The van der Waals surface area contributed by atoms with Gasteiger partial charge in [0.15, 0.2) is 5.78 Å². The predicted octanol–water partition coefficient (Wildman–Crippen LogP) is 1.22. The SMILES string of the molecule is CC1(c2cnc3n2CC(=O)C=N3)CC1. The third kappa shape index (κ3) is 0.967. The van der Waals surface area contributed by atoms with Crippen LogP contribution < -0.4 is 0 Å². The zero-order chi connectivity index (χ0) is 9.76. The molecule has 1 fully saturated rings. The van der Waals surface area contributed by atoms with Crippen LogP contribution in [0.25, 0.3) is 0 Å². The molecule has 1 saturated carbocycles. The van der Waals surface area contributed by atoms with Crippen LogP contribution in [-0.4, -0.2) is 21.5 Å². The Bertz CT molecular complexity index is 440. The van der Waals surface area contributed by atoms with Gasteiger partial charge in [0.25, 0.3) is 0 Å². The number of Topliss-reactive ketones (excluding diaryl/α,β-unsaturated/α-hetero) is 1. The van der Waals surface area contributed by atoms with Crippen molar-refractivity contribution in [2.24, 2.45) is 4.99 Å². The first-order valence-electron chi connectivity index (χ1n) is 4.82. The summed E-state index contributed by atoms with van der Waals surface area (Å²) in [6, 6.07) is 0. The molecule has 0 radical (unpaired) electrons. The first kappa shape index (κ1) is 7.91. The number of imidazole rings is 1. The highest BCUT2D eigenvalue weighted by atomic mass is 16.1. The molecule has 0 saturated heterocycles. The van der Waals surface area contributed by atoms with Gasteiger partial charge < -0.3 is 4.57 Å². The molecule has 14 heavy (non-hydrogen) atoms. The molecule has 0 amide bonds. The van der Waals surface area contributed by atoms with Gasteiger partial charge >= 0.3 is 0 Å². The molecule has 0 N–H and O–H groups in total. The van der Waals surface area contributed by atoms with Crippen LogP contribution in [0.1, 0.15) is 25.5 Å². The van der Waals surface area contributed by atoms with Crippen LogP contribution in [0.4, 0.5) is 5.95 Å². The van der Waals surface area contributed by atoms with Gasteiger partial charge in [0.2, 0.25) is 5.95 Å². The third-order valence-electron chi connectivity index (χ3n) is 3.09. The summed E-state index contributed by atoms with van der Waals surface area (Å²) in [6.45, 7) is 2.61. The summed E-state index contributed by atoms with van der Waals surface area (Å²) in [7, 11) is 0. The molecule has 1 aromatic heterocycles. The molecular formula is C10H11N3O. The van der Waals surface area contributed by atoms with E-state index < -0.39 is 0 Å². The number of carbonyl (C=O) groups is 1. The maximum atomic E-state index is 11.2. The highest BCUT2D eigenvalue weighted by molar-refractivity contribution is 6.28. The maximum absolute atomic E-state index is 11.2. The van der Waals surface area contributed by atoms with Crippen LogP contribution in [0, 0.1) is 0 Å². The van der Waals surface area contributed by atoms with Crippen molar-refractivity contribution >= 4 is 17.9 Å². The van der Waals surface area contributed by atoms with Crippen molar-refractivity contribution in [1.29, 1.82) is 0 Å². The van der Waals surface area contributed by atoms with E-state index >= 15 is 0 Å². The second kappa shape index (κ2) is 2.32. The third-order valence-corrected chi connectivity index (χ3v) is 3.09. The number of nitrogens with zero attached hydrogens (tertiary/aromatic N) is 3. The Kier molecular flexibility index (Phi) is 1.31. The van der Waals surface area contributed by atoms with Crippen molar-refractivity contribution < 1.29 is 4.79 Å². The lowest BCUT2D eigenvalue weighted by Gasteiger charge is -2.14. The number of ketones is 1. The van der Waals surface area contributed by atoms with E-state index in [9.17, 15) is 4.79 Å². The van der Waals surface area contributed by atoms with Crippen molar-refractivity contribution in [1.82, 2.24) is 9.55 Å². The van der Waals surface area contributed by atoms with E-state index in [1.807, 2.05) is 10.8 Å². The van der Waals surface area contributed by atoms with Crippen LogP contribution in [0.2, 0.25) is 0 Å². The average molecular weight is 189 g/mol. The first-order chi connectivity index (χ1) is 6.69. The summed E-state index contributed by atoms with van der Waals surface area (Å²) in [6.07, 6.45) is 5.60. The van der Waals surface area contributed by atoms with Crippen LogP contribution in [0.5, 0.6) is 0 Å². The zero-order valence-electron chi connectivity index (χ0n) is 8.03. The lowest BCUT2D eigenvalue weighted by molar-refractivity contribution is -0.113. The molecule has 4 heteroatoms. The predicted molar refractivity (Wildman–Crippen MR) is 52.0 cm³/mol. The van der Waals surface area contributed by atoms with Gasteiger partial charge in [-0.3, -0.25) is 4.79 Å². The van der Waals surface area contributed by atoms with Crippen LogP contribution in [-0.2, 0) is 16.8 Å². The summed E-state index contributed by atoms with van der Waals surface area (Å²) < 4.78 is 1.94. The fourth-order valence-corrected chi connectivity index (χ4v) is 1.88. The standard InChI is InChI=1S/C10H11N3O/c1-10(2-3-10)8-5-12-9-11-4-7(14)6-13(8)9/h4-5H,2-3,6H2,1H3. The van der Waals surface area contributed by atoms with E-state index in [1.165, 1.54) is 19.1 Å². The number of aromatic nitrogens is 2. The van der Waals surface area contributed by atoms with Gasteiger partial charge in [0.05, 0.1) is 19.0 Å². The Morgan fingerprint density at radius 2 is 2.29 bits per heavy atom. The highest BCUT2D eigenvalue weighted by Crippen LogP contribution is 2.48. The van der Waals surface area contributed by atoms with Gasteiger partial charge in [-0.25, -0.2) is 9.98 Å².